The Bertz CT molecular complexity index is 1230. The van der Waals surface area contributed by atoms with E-state index in [4.69, 9.17) is 14.2 Å². The van der Waals surface area contributed by atoms with Crippen LogP contribution in [-0.2, 0) is 28.6 Å². The highest BCUT2D eigenvalue weighted by Crippen LogP contribution is 2.14. The highest BCUT2D eigenvalue weighted by atomic mass is 16.6. The van der Waals surface area contributed by atoms with Gasteiger partial charge in [-0.1, -0.05) is 203 Å². The quantitative estimate of drug-likeness (QED) is 0.0262. The Morgan fingerprint density at radius 3 is 0.908 bits per heavy atom. The predicted molar refractivity (Wildman–Crippen MR) is 279 cm³/mol. The first-order valence-electron chi connectivity index (χ1n) is 27.4. The van der Waals surface area contributed by atoms with E-state index in [-0.39, 0.29) is 31.1 Å². The van der Waals surface area contributed by atoms with Gasteiger partial charge in [-0.2, -0.15) is 0 Å². The molecular weight excluding hydrogens is 805 g/mol. The number of hydrogen-bond acceptors (Lipinski definition) is 6. The molecule has 6 nitrogen and oxygen atoms in total. The van der Waals surface area contributed by atoms with E-state index in [1.54, 1.807) is 0 Å². The first-order valence-corrected chi connectivity index (χ1v) is 27.4. The van der Waals surface area contributed by atoms with Crippen molar-refractivity contribution in [1.29, 1.82) is 0 Å². The summed E-state index contributed by atoms with van der Waals surface area (Å²) in [6.07, 6.45) is 67.3. The van der Waals surface area contributed by atoms with E-state index in [0.717, 1.165) is 109 Å². The molecule has 0 unspecified atom stereocenters. The fraction of sp³-hybridized carbons (Fsp3) is 0.746. The maximum Gasteiger partial charge on any atom is 0.306 e. The number of allylic oxidation sites excluding steroid dienone is 12. The number of esters is 3. The van der Waals surface area contributed by atoms with Gasteiger partial charge in [0, 0.05) is 19.3 Å². The van der Waals surface area contributed by atoms with Crippen molar-refractivity contribution in [2.75, 3.05) is 13.2 Å². The second kappa shape index (κ2) is 53.5. The largest absolute Gasteiger partial charge is 0.462 e. The van der Waals surface area contributed by atoms with Crippen molar-refractivity contribution in [3.8, 4) is 0 Å². The van der Waals surface area contributed by atoms with E-state index in [9.17, 15) is 14.4 Å². The summed E-state index contributed by atoms with van der Waals surface area (Å²) in [5, 5.41) is 0. The van der Waals surface area contributed by atoms with Crippen molar-refractivity contribution >= 4 is 17.9 Å². The van der Waals surface area contributed by atoms with Gasteiger partial charge in [0.25, 0.3) is 0 Å². The van der Waals surface area contributed by atoms with E-state index in [1.165, 1.54) is 116 Å². The van der Waals surface area contributed by atoms with Crippen molar-refractivity contribution in [2.45, 2.75) is 271 Å². The Morgan fingerprint density at radius 2 is 0.554 bits per heavy atom. The summed E-state index contributed by atoms with van der Waals surface area (Å²) < 4.78 is 16.8. The fourth-order valence-corrected chi connectivity index (χ4v) is 7.47. The third-order valence-corrected chi connectivity index (χ3v) is 11.7. The molecule has 0 radical (unpaired) electrons. The topological polar surface area (TPSA) is 78.9 Å². The standard InChI is InChI=1S/C59H102O6/c1-4-7-10-13-16-19-22-25-28-29-32-35-38-41-44-47-50-53-59(62)65-56(54-63-57(60)51-48-45-42-39-36-33-30-26-23-20-17-14-11-8-5-2)55-64-58(61)52-49-46-43-40-37-34-31-27-24-21-18-15-12-9-6-3/h16-17,19-21,24-26,28,30,32,35,56H,4-15,18,22-23,27,29,31,33-34,36-55H2,1-3H3/b19-16-,20-17-,24-21-,28-25-,30-26-,35-32-/t56-/m1/s1. The predicted octanol–water partition coefficient (Wildman–Crippen LogP) is 18.2. The van der Waals surface area contributed by atoms with Gasteiger partial charge in [0.15, 0.2) is 6.10 Å². The van der Waals surface area contributed by atoms with Gasteiger partial charge in [-0.05, 0) is 116 Å². The lowest BCUT2D eigenvalue weighted by molar-refractivity contribution is -0.167. The Labute approximate surface area is 402 Å². The summed E-state index contributed by atoms with van der Waals surface area (Å²) in [6, 6.07) is 0. The summed E-state index contributed by atoms with van der Waals surface area (Å²) in [7, 11) is 0. The molecule has 1 atom stereocenters. The van der Waals surface area contributed by atoms with E-state index < -0.39 is 6.10 Å². The molecule has 0 heterocycles. The molecule has 0 aromatic carbocycles. The van der Waals surface area contributed by atoms with Crippen LogP contribution in [0.15, 0.2) is 72.9 Å². The van der Waals surface area contributed by atoms with Crippen LogP contribution in [0.3, 0.4) is 0 Å². The Balaban J connectivity index is 4.46. The van der Waals surface area contributed by atoms with E-state index in [1.807, 2.05) is 0 Å². The molecule has 0 aliphatic rings. The van der Waals surface area contributed by atoms with Crippen LogP contribution < -0.4 is 0 Å². The van der Waals surface area contributed by atoms with Crippen molar-refractivity contribution in [1.82, 2.24) is 0 Å². The number of ether oxygens (including phenoxy) is 3. The molecule has 65 heavy (non-hydrogen) atoms. The SMILES string of the molecule is CCCCC/C=C\C/C=C\C/C=C\CCCCCCC(=O)O[C@H](COC(=O)CCCCCCC/C=C\C/C=C\CCCCC)COC(=O)CCCCCCCCC/C=C\CCCCCC. The molecular formula is C59H102O6. The molecule has 0 aliphatic heterocycles. The third kappa shape index (κ3) is 51.7. The van der Waals surface area contributed by atoms with Crippen LogP contribution in [0.1, 0.15) is 265 Å². The third-order valence-electron chi connectivity index (χ3n) is 11.7. The van der Waals surface area contributed by atoms with E-state index >= 15 is 0 Å². The van der Waals surface area contributed by atoms with Gasteiger partial charge in [-0.15, -0.1) is 0 Å². The lowest BCUT2D eigenvalue weighted by Gasteiger charge is -2.18. The summed E-state index contributed by atoms with van der Waals surface area (Å²) in [5.74, 6) is -0.927. The van der Waals surface area contributed by atoms with Crippen LogP contribution in [0.2, 0.25) is 0 Å². The molecule has 0 N–H and O–H groups in total. The average molecular weight is 907 g/mol. The zero-order valence-electron chi connectivity index (χ0n) is 42.7. The zero-order valence-corrected chi connectivity index (χ0v) is 42.7. The summed E-state index contributed by atoms with van der Waals surface area (Å²) in [6.45, 7) is 6.55. The summed E-state index contributed by atoms with van der Waals surface area (Å²) in [4.78, 5) is 38.1. The minimum Gasteiger partial charge on any atom is -0.462 e. The van der Waals surface area contributed by atoms with Crippen LogP contribution in [0, 0.1) is 0 Å². The second-order valence-electron chi connectivity index (χ2n) is 18.1. The van der Waals surface area contributed by atoms with Crippen molar-refractivity contribution in [3.05, 3.63) is 72.9 Å². The molecule has 0 saturated carbocycles. The Kier molecular flexibility index (Phi) is 50.9. The van der Waals surface area contributed by atoms with Gasteiger partial charge < -0.3 is 14.2 Å². The molecule has 0 amide bonds. The van der Waals surface area contributed by atoms with Crippen LogP contribution in [-0.4, -0.2) is 37.2 Å². The highest BCUT2D eigenvalue weighted by Gasteiger charge is 2.19. The van der Waals surface area contributed by atoms with Crippen LogP contribution in [0.25, 0.3) is 0 Å². The van der Waals surface area contributed by atoms with Gasteiger partial charge in [-0.3, -0.25) is 14.4 Å². The first kappa shape index (κ1) is 61.9. The van der Waals surface area contributed by atoms with Crippen LogP contribution in [0.4, 0.5) is 0 Å². The number of hydrogen-bond donors (Lipinski definition) is 0. The molecule has 6 heteroatoms. The molecule has 0 bridgehead atoms. The maximum absolute atomic E-state index is 12.8. The summed E-state index contributed by atoms with van der Waals surface area (Å²) in [5.41, 5.74) is 0. The summed E-state index contributed by atoms with van der Waals surface area (Å²) >= 11 is 0. The van der Waals surface area contributed by atoms with Crippen LogP contribution >= 0.6 is 0 Å². The Hall–Kier alpha value is -3.15. The molecule has 0 aromatic rings. The van der Waals surface area contributed by atoms with Crippen molar-refractivity contribution in [3.63, 3.8) is 0 Å². The maximum atomic E-state index is 12.8. The monoisotopic (exact) mass is 907 g/mol. The Morgan fingerprint density at radius 1 is 0.308 bits per heavy atom. The molecule has 0 fully saturated rings. The van der Waals surface area contributed by atoms with Gasteiger partial charge in [-0.25, -0.2) is 0 Å². The number of rotatable bonds is 49. The lowest BCUT2D eigenvalue weighted by Crippen LogP contribution is -2.30. The number of carbonyl (C=O) groups excluding carboxylic acids is 3. The molecule has 0 rings (SSSR count). The normalized spacial score (nSPS) is 12.6. The van der Waals surface area contributed by atoms with Crippen LogP contribution in [0.5, 0.6) is 0 Å². The second-order valence-corrected chi connectivity index (χ2v) is 18.1. The minimum absolute atomic E-state index is 0.0913. The smallest absolute Gasteiger partial charge is 0.306 e. The average Bonchev–Trinajstić information content (AvgIpc) is 3.30. The number of unbranched alkanes of at least 4 members (excludes halogenated alkanes) is 26. The molecule has 374 valence electrons. The lowest BCUT2D eigenvalue weighted by atomic mass is 10.1. The van der Waals surface area contributed by atoms with E-state index in [0.29, 0.717) is 19.3 Å². The van der Waals surface area contributed by atoms with Gasteiger partial charge >= 0.3 is 17.9 Å². The minimum atomic E-state index is -0.795. The zero-order chi connectivity index (χ0) is 47.2. The molecule has 0 spiro atoms. The van der Waals surface area contributed by atoms with Gasteiger partial charge in [0.05, 0.1) is 0 Å². The number of carbonyl (C=O) groups is 3. The highest BCUT2D eigenvalue weighted by molar-refractivity contribution is 5.71. The molecule has 0 aliphatic carbocycles. The van der Waals surface area contributed by atoms with Gasteiger partial charge in [0.1, 0.15) is 13.2 Å². The van der Waals surface area contributed by atoms with Crippen molar-refractivity contribution < 1.29 is 28.6 Å². The molecule has 0 aromatic heterocycles. The first-order chi connectivity index (χ1) is 32.0. The van der Waals surface area contributed by atoms with Crippen molar-refractivity contribution in [2.24, 2.45) is 0 Å². The van der Waals surface area contributed by atoms with E-state index in [2.05, 4.69) is 93.7 Å². The fourth-order valence-electron chi connectivity index (χ4n) is 7.47. The van der Waals surface area contributed by atoms with Gasteiger partial charge in [0.2, 0.25) is 0 Å². The molecule has 0 saturated heterocycles.